The fourth-order valence-corrected chi connectivity index (χ4v) is 3.49. The maximum absolute atomic E-state index is 12.3. The molecule has 4 rings (SSSR count). The van der Waals surface area contributed by atoms with Crippen LogP contribution in [0.5, 0.6) is 0 Å². The molecule has 1 amide bonds. The fraction of sp³-hybridized carbons (Fsp3) is 0.667. The molecule has 2 bridgehead atoms. The van der Waals surface area contributed by atoms with Crippen LogP contribution in [-0.4, -0.2) is 41.1 Å². The lowest BCUT2D eigenvalue weighted by Crippen LogP contribution is -2.45. The van der Waals surface area contributed by atoms with E-state index in [9.17, 15) is 14.7 Å². The van der Waals surface area contributed by atoms with Crippen LogP contribution in [0.2, 0.25) is 0 Å². The molecule has 0 aromatic carbocycles. The Labute approximate surface area is 98.0 Å². The van der Waals surface area contributed by atoms with E-state index in [0.717, 1.165) is 12.8 Å². The Hall–Kier alpha value is -1.36. The molecule has 5 nitrogen and oxygen atoms in total. The van der Waals surface area contributed by atoms with Crippen molar-refractivity contribution < 1.29 is 19.4 Å². The average Bonchev–Trinajstić information content (AvgIpc) is 2.89. The molecule has 5 heteroatoms. The summed E-state index contributed by atoms with van der Waals surface area (Å²) < 4.78 is 5.74. The number of nitrogens with zero attached hydrogens (tertiary/aromatic N) is 1. The zero-order chi connectivity index (χ0) is 11.8. The predicted octanol–water partition coefficient (Wildman–Crippen LogP) is -1.32. The summed E-state index contributed by atoms with van der Waals surface area (Å²) in [6, 6.07) is 0.306. The number of aliphatic carboxylic acids is 1. The Morgan fingerprint density at radius 2 is 2.29 bits per heavy atom. The average molecular weight is 234 g/mol. The van der Waals surface area contributed by atoms with Gasteiger partial charge in [-0.2, -0.15) is 0 Å². The van der Waals surface area contributed by atoms with Gasteiger partial charge >= 0.3 is 0 Å². The molecule has 1 aliphatic carbocycles. The number of hydrogen-bond acceptors (Lipinski definition) is 4. The molecule has 0 radical (unpaired) electrons. The Kier molecular flexibility index (Phi) is 1.54. The highest BCUT2D eigenvalue weighted by Crippen LogP contribution is 2.53. The first-order valence-corrected chi connectivity index (χ1v) is 6.01. The van der Waals surface area contributed by atoms with E-state index in [-0.39, 0.29) is 5.91 Å². The van der Waals surface area contributed by atoms with Crippen LogP contribution >= 0.6 is 0 Å². The lowest BCUT2D eigenvalue weighted by atomic mass is 9.77. The van der Waals surface area contributed by atoms with Crippen LogP contribution in [0.15, 0.2) is 12.2 Å². The van der Waals surface area contributed by atoms with Crippen molar-refractivity contribution in [3.8, 4) is 0 Å². The van der Waals surface area contributed by atoms with Crippen LogP contribution in [0, 0.1) is 11.8 Å². The van der Waals surface area contributed by atoms with Crippen molar-refractivity contribution in [1.29, 1.82) is 0 Å². The summed E-state index contributed by atoms with van der Waals surface area (Å²) in [7, 11) is 0. The molecule has 0 N–H and O–H groups in total. The Balaban J connectivity index is 1.76. The van der Waals surface area contributed by atoms with Crippen molar-refractivity contribution in [1.82, 2.24) is 4.90 Å². The van der Waals surface area contributed by atoms with Crippen molar-refractivity contribution in [3.05, 3.63) is 12.2 Å². The van der Waals surface area contributed by atoms with E-state index in [1.54, 1.807) is 11.0 Å². The smallest absolute Gasteiger partial charge is 0.230 e. The molecule has 2 saturated heterocycles. The number of amides is 1. The second-order valence-electron chi connectivity index (χ2n) is 5.42. The number of likely N-dealkylation sites (tertiary alicyclic amines) is 1. The van der Waals surface area contributed by atoms with Gasteiger partial charge in [-0.3, -0.25) is 4.79 Å². The molecule has 3 aliphatic heterocycles. The van der Waals surface area contributed by atoms with Crippen molar-refractivity contribution >= 4 is 11.9 Å². The van der Waals surface area contributed by atoms with Gasteiger partial charge in [0.25, 0.3) is 0 Å². The highest BCUT2D eigenvalue weighted by atomic mass is 16.5. The van der Waals surface area contributed by atoms with Crippen molar-refractivity contribution in [2.45, 2.75) is 30.6 Å². The molecule has 0 aromatic rings. The van der Waals surface area contributed by atoms with Gasteiger partial charge in [-0.25, -0.2) is 0 Å². The molecule has 1 saturated carbocycles. The maximum Gasteiger partial charge on any atom is 0.230 e. The van der Waals surface area contributed by atoms with Gasteiger partial charge in [0.1, 0.15) is 5.60 Å². The molecule has 0 aromatic heterocycles. The number of ether oxygens (including phenoxy) is 1. The summed E-state index contributed by atoms with van der Waals surface area (Å²) >= 11 is 0. The van der Waals surface area contributed by atoms with E-state index in [0.29, 0.717) is 12.6 Å². The van der Waals surface area contributed by atoms with E-state index in [2.05, 4.69) is 0 Å². The molecule has 3 fully saturated rings. The monoisotopic (exact) mass is 234 g/mol. The molecular formula is C12H12NO4-. The first-order valence-electron chi connectivity index (χ1n) is 6.01. The summed E-state index contributed by atoms with van der Waals surface area (Å²) in [5.74, 6) is -2.61. The van der Waals surface area contributed by atoms with Gasteiger partial charge in [0, 0.05) is 17.9 Å². The van der Waals surface area contributed by atoms with Crippen LogP contribution in [0.4, 0.5) is 0 Å². The van der Waals surface area contributed by atoms with Crippen LogP contribution in [0.25, 0.3) is 0 Å². The van der Waals surface area contributed by atoms with Crippen LogP contribution in [0.1, 0.15) is 12.8 Å². The molecule has 3 heterocycles. The van der Waals surface area contributed by atoms with Crippen LogP contribution < -0.4 is 5.11 Å². The lowest BCUT2D eigenvalue weighted by Gasteiger charge is -2.24. The molecule has 17 heavy (non-hydrogen) atoms. The number of carbonyl (C=O) groups is 2. The maximum atomic E-state index is 12.3. The molecule has 4 aliphatic rings. The van der Waals surface area contributed by atoms with E-state index in [1.165, 1.54) is 0 Å². The summed E-state index contributed by atoms with van der Waals surface area (Å²) in [4.78, 5) is 25.3. The molecule has 1 spiro atoms. The number of carboxylic acid groups (broad SMARTS) is 1. The predicted molar refractivity (Wildman–Crippen MR) is 53.5 cm³/mol. The van der Waals surface area contributed by atoms with E-state index in [1.807, 2.05) is 6.08 Å². The SMILES string of the molecule is O=C([O-])[C@@H]1[C@H]2C(=O)N(C3CC3)C[C@]23C=C[C@H]1O3. The van der Waals surface area contributed by atoms with E-state index >= 15 is 0 Å². The van der Waals surface area contributed by atoms with E-state index in [4.69, 9.17) is 4.74 Å². The first kappa shape index (κ1) is 9.65. The topological polar surface area (TPSA) is 69.7 Å². The van der Waals surface area contributed by atoms with E-state index < -0.39 is 29.5 Å². The standard InChI is InChI=1S/C12H13NO4/c14-10-9-8(11(15)16)7-3-4-12(9,17-7)5-13(10)6-1-2-6/h3-4,6-9H,1-2,5H2,(H,15,16)/p-1/t7-,8+,9+,12-/m1/s1. The Morgan fingerprint density at radius 3 is 2.94 bits per heavy atom. The summed E-state index contributed by atoms with van der Waals surface area (Å²) in [6.45, 7) is 0.512. The summed E-state index contributed by atoms with van der Waals surface area (Å²) in [6.07, 6.45) is 5.22. The minimum atomic E-state index is -1.17. The number of carboxylic acids is 1. The number of hydrogen-bond donors (Lipinski definition) is 0. The molecule has 0 unspecified atom stereocenters. The van der Waals surface area contributed by atoms with Gasteiger partial charge in [-0.1, -0.05) is 12.2 Å². The van der Waals surface area contributed by atoms with Gasteiger partial charge in [0.05, 0.1) is 18.6 Å². The normalized spacial score (nSPS) is 46.7. The van der Waals surface area contributed by atoms with Gasteiger partial charge < -0.3 is 19.5 Å². The van der Waals surface area contributed by atoms with Crippen LogP contribution in [-0.2, 0) is 14.3 Å². The minimum Gasteiger partial charge on any atom is -0.550 e. The minimum absolute atomic E-state index is 0.0615. The molecule has 4 atom stereocenters. The zero-order valence-electron chi connectivity index (χ0n) is 9.17. The molecular weight excluding hydrogens is 222 g/mol. The third-order valence-corrected chi connectivity index (χ3v) is 4.39. The highest BCUT2D eigenvalue weighted by molar-refractivity contribution is 5.90. The zero-order valence-corrected chi connectivity index (χ0v) is 9.17. The number of rotatable bonds is 2. The second kappa shape index (κ2) is 2.72. The van der Waals surface area contributed by atoms with Crippen LogP contribution in [0.3, 0.4) is 0 Å². The van der Waals surface area contributed by atoms with Crippen molar-refractivity contribution in [2.75, 3.05) is 6.54 Å². The lowest BCUT2D eigenvalue weighted by molar-refractivity contribution is -0.313. The summed E-state index contributed by atoms with van der Waals surface area (Å²) in [5, 5.41) is 11.2. The van der Waals surface area contributed by atoms with Gasteiger partial charge in [-0.05, 0) is 12.8 Å². The third kappa shape index (κ3) is 1.03. The Morgan fingerprint density at radius 1 is 1.53 bits per heavy atom. The summed E-state index contributed by atoms with van der Waals surface area (Å²) in [5.41, 5.74) is -0.685. The van der Waals surface area contributed by atoms with Gasteiger partial charge in [0.2, 0.25) is 5.91 Å². The number of carbonyl (C=O) groups excluding carboxylic acids is 2. The molecule has 90 valence electrons. The number of fused-ring (bicyclic) bond motifs is 1. The highest BCUT2D eigenvalue weighted by Gasteiger charge is 2.66. The van der Waals surface area contributed by atoms with Gasteiger partial charge in [-0.15, -0.1) is 0 Å². The second-order valence-corrected chi connectivity index (χ2v) is 5.42. The quantitative estimate of drug-likeness (QED) is 0.556. The fourth-order valence-electron chi connectivity index (χ4n) is 3.49. The first-order chi connectivity index (χ1) is 8.12. The van der Waals surface area contributed by atoms with Crippen molar-refractivity contribution in [3.63, 3.8) is 0 Å². The third-order valence-electron chi connectivity index (χ3n) is 4.39. The Bertz CT molecular complexity index is 455. The van der Waals surface area contributed by atoms with Crippen molar-refractivity contribution in [2.24, 2.45) is 11.8 Å². The largest absolute Gasteiger partial charge is 0.550 e. The van der Waals surface area contributed by atoms with Gasteiger partial charge in [0.15, 0.2) is 0 Å².